The van der Waals surface area contributed by atoms with Crippen LogP contribution in [0.15, 0.2) is 28.2 Å². The van der Waals surface area contributed by atoms with Crippen LogP contribution < -0.4 is 0 Å². The van der Waals surface area contributed by atoms with E-state index in [9.17, 15) is 0 Å². The highest BCUT2D eigenvalue weighted by molar-refractivity contribution is 9.09. The van der Waals surface area contributed by atoms with Crippen LogP contribution in [0.25, 0.3) is 0 Å². The van der Waals surface area contributed by atoms with E-state index in [4.69, 9.17) is 9.98 Å². The Kier molecular flexibility index (Phi) is 6.06. The van der Waals surface area contributed by atoms with Gasteiger partial charge in [0.05, 0.1) is 11.4 Å². The van der Waals surface area contributed by atoms with Gasteiger partial charge in [0.25, 0.3) is 0 Å². The third-order valence-electron chi connectivity index (χ3n) is 4.99. The first-order valence-electron chi connectivity index (χ1n) is 9.20. The second-order valence-corrected chi connectivity index (χ2v) is 7.92. The van der Waals surface area contributed by atoms with Gasteiger partial charge in [-0.2, -0.15) is 0 Å². The maximum Gasteiger partial charge on any atom is 0.201 e. The number of halogens is 1. The summed E-state index contributed by atoms with van der Waals surface area (Å²) in [7, 11) is 8.38. The summed E-state index contributed by atoms with van der Waals surface area (Å²) in [5, 5.41) is 1.02. The van der Waals surface area contributed by atoms with Gasteiger partial charge in [-0.3, -0.25) is 0 Å². The fraction of sp³-hybridized carbons (Fsp3) is 0.579. The summed E-state index contributed by atoms with van der Waals surface area (Å²) in [5.74, 6) is 2.02. The lowest BCUT2D eigenvalue weighted by Gasteiger charge is -2.18. The largest absolute Gasteiger partial charge is 0.344 e. The Morgan fingerprint density at radius 2 is 1.31 bits per heavy atom. The Morgan fingerprint density at radius 3 is 1.81 bits per heavy atom. The van der Waals surface area contributed by atoms with Gasteiger partial charge < -0.3 is 19.6 Å². The van der Waals surface area contributed by atoms with Crippen LogP contribution in [-0.4, -0.2) is 91.2 Å². The molecule has 1 aromatic carbocycles. The number of nitrogens with zero attached hydrogens (tertiary/aromatic N) is 6. The van der Waals surface area contributed by atoms with Crippen LogP contribution in [-0.2, 0) is 6.42 Å². The fourth-order valence-electron chi connectivity index (χ4n) is 3.32. The predicted molar refractivity (Wildman–Crippen MR) is 113 cm³/mol. The van der Waals surface area contributed by atoms with Gasteiger partial charge in [0.1, 0.15) is 0 Å². The van der Waals surface area contributed by atoms with E-state index in [1.807, 2.05) is 0 Å². The molecule has 2 aliphatic heterocycles. The van der Waals surface area contributed by atoms with Crippen molar-refractivity contribution in [2.45, 2.75) is 12.8 Å². The fourth-order valence-corrected chi connectivity index (χ4v) is 3.60. The van der Waals surface area contributed by atoms with Crippen LogP contribution in [0.5, 0.6) is 0 Å². The summed E-state index contributed by atoms with van der Waals surface area (Å²) in [4.78, 5) is 18.7. The third kappa shape index (κ3) is 4.14. The van der Waals surface area contributed by atoms with Crippen molar-refractivity contribution in [2.75, 3.05) is 59.7 Å². The van der Waals surface area contributed by atoms with Crippen molar-refractivity contribution >= 4 is 39.2 Å². The third-order valence-corrected chi connectivity index (χ3v) is 5.55. The molecule has 3 rings (SSSR count). The van der Waals surface area contributed by atoms with Crippen molar-refractivity contribution in [3.63, 3.8) is 0 Å². The first-order valence-corrected chi connectivity index (χ1v) is 10.3. The van der Waals surface area contributed by atoms with Crippen molar-refractivity contribution in [3.8, 4) is 0 Å². The molecule has 0 unspecified atom stereocenters. The van der Waals surface area contributed by atoms with Gasteiger partial charge in [-0.05, 0) is 30.5 Å². The van der Waals surface area contributed by atoms with Gasteiger partial charge >= 0.3 is 0 Å². The second-order valence-electron chi connectivity index (χ2n) is 7.13. The Balaban J connectivity index is 2.00. The monoisotopic (exact) mass is 420 g/mol. The molecule has 0 radical (unpaired) electrons. The summed E-state index contributed by atoms with van der Waals surface area (Å²) in [6.07, 6.45) is 2.17. The van der Waals surface area contributed by atoms with Crippen molar-refractivity contribution < 1.29 is 0 Å². The lowest BCUT2D eigenvalue weighted by atomic mass is 10.1. The maximum atomic E-state index is 4.99. The lowest BCUT2D eigenvalue weighted by molar-refractivity contribution is 0.553. The quantitative estimate of drug-likeness (QED) is 0.686. The minimum atomic E-state index is 0.935. The Hall–Kier alpha value is -1.76. The van der Waals surface area contributed by atoms with Gasteiger partial charge in [-0.15, -0.1) is 0 Å². The van der Waals surface area contributed by atoms with Crippen LogP contribution in [0.1, 0.15) is 12.0 Å². The molecule has 0 amide bonds. The van der Waals surface area contributed by atoms with E-state index < -0.39 is 0 Å². The number of hydrogen-bond donors (Lipinski definition) is 0. The van der Waals surface area contributed by atoms with E-state index in [1.165, 1.54) is 5.56 Å². The van der Waals surface area contributed by atoms with Crippen molar-refractivity contribution in [2.24, 2.45) is 9.98 Å². The molecule has 26 heavy (non-hydrogen) atoms. The predicted octanol–water partition coefficient (Wildman–Crippen LogP) is 2.74. The number of likely N-dealkylation sites (N-methyl/N-ethyl adjacent to an activating group) is 4. The number of aryl methyl sites for hydroxylation is 1. The van der Waals surface area contributed by atoms with E-state index in [0.717, 1.165) is 67.6 Å². The molecule has 1 aromatic rings. The number of aliphatic imine (C=N–C) groups is 2. The molecule has 7 heteroatoms. The first-order chi connectivity index (χ1) is 12.5. The van der Waals surface area contributed by atoms with E-state index in [0.29, 0.717) is 0 Å². The number of benzene rings is 1. The summed E-state index contributed by atoms with van der Waals surface area (Å²) >= 11 is 3.52. The first kappa shape index (κ1) is 19.0. The number of hydrogen-bond acceptors (Lipinski definition) is 2. The van der Waals surface area contributed by atoms with Crippen molar-refractivity contribution in [1.82, 2.24) is 19.6 Å². The Labute approximate surface area is 165 Å². The molecule has 2 heterocycles. The minimum absolute atomic E-state index is 0.935. The molecular formula is C19H29BrN6. The zero-order chi connectivity index (χ0) is 18.7. The number of rotatable bonds is 5. The topological polar surface area (TPSA) is 37.7 Å². The molecule has 0 saturated carbocycles. The lowest BCUT2D eigenvalue weighted by Crippen LogP contribution is -2.28. The van der Waals surface area contributed by atoms with Gasteiger partial charge in [-0.1, -0.05) is 22.0 Å². The molecule has 2 fully saturated rings. The maximum absolute atomic E-state index is 4.99. The molecule has 142 valence electrons. The summed E-state index contributed by atoms with van der Waals surface area (Å²) < 4.78 is 0. The van der Waals surface area contributed by atoms with Crippen LogP contribution in [0, 0.1) is 0 Å². The van der Waals surface area contributed by atoms with Gasteiger partial charge in [-0.25, -0.2) is 9.98 Å². The Morgan fingerprint density at radius 1 is 0.808 bits per heavy atom. The van der Waals surface area contributed by atoms with Crippen LogP contribution in [0.2, 0.25) is 0 Å². The van der Waals surface area contributed by atoms with Gasteiger partial charge in [0, 0.05) is 59.7 Å². The van der Waals surface area contributed by atoms with Gasteiger partial charge in [0.15, 0.2) is 0 Å². The van der Waals surface area contributed by atoms with E-state index in [-0.39, 0.29) is 0 Å². The zero-order valence-corrected chi connectivity index (χ0v) is 17.8. The van der Waals surface area contributed by atoms with E-state index in [2.05, 4.69) is 81.9 Å². The molecule has 0 atom stereocenters. The summed E-state index contributed by atoms with van der Waals surface area (Å²) in [6.45, 7) is 4.03. The summed E-state index contributed by atoms with van der Waals surface area (Å²) in [6, 6.07) is 6.50. The second kappa shape index (κ2) is 8.29. The molecule has 0 bridgehead atoms. The number of guanidine groups is 2. The molecular weight excluding hydrogens is 392 g/mol. The van der Waals surface area contributed by atoms with Crippen LogP contribution in [0.3, 0.4) is 0 Å². The minimum Gasteiger partial charge on any atom is -0.344 e. The molecule has 0 spiro atoms. The standard InChI is InChI=1S/C19H29BrN6/c1-23-10-11-24(2)18(23)21-16-8-7-15(6-5-9-20)14-17(16)22-19-25(3)12-13-26(19)4/h7-8,14H,5-6,9-13H2,1-4H3. The normalized spacial score (nSPS) is 17.6. The van der Waals surface area contributed by atoms with Crippen LogP contribution in [0.4, 0.5) is 11.4 Å². The highest BCUT2D eigenvalue weighted by Crippen LogP contribution is 2.31. The Bertz CT molecular complexity index is 677. The van der Waals surface area contributed by atoms with Crippen molar-refractivity contribution in [1.29, 1.82) is 0 Å². The van der Waals surface area contributed by atoms with Gasteiger partial charge in [0.2, 0.25) is 11.9 Å². The molecule has 2 aliphatic rings. The highest BCUT2D eigenvalue weighted by Gasteiger charge is 2.22. The highest BCUT2D eigenvalue weighted by atomic mass is 79.9. The molecule has 2 saturated heterocycles. The number of alkyl halides is 1. The van der Waals surface area contributed by atoms with E-state index in [1.54, 1.807) is 0 Å². The summed E-state index contributed by atoms with van der Waals surface area (Å²) in [5.41, 5.74) is 3.20. The van der Waals surface area contributed by atoms with Crippen molar-refractivity contribution in [3.05, 3.63) is 23.8 Å². The molecule has 0 N–H and O–H groups in total. The zero-order valence-electron chi connectivity index (χ0n) is 16.2. The molecule has 0 aromatic heterocycles. The smallest absolute Gasteiger partial charge is 0.201 e. The average molecular weight is 421 g/mol. The van der Waals surface area contributed by atoms with E-state index >= 15 is 0 Å². The average Bonchev–Trinajstić information content (AvgIpc) is 3.11. The SMILES string of the molecule is CN1CCN(C)C1=Nc1ccc(CCCBr)cc1N=C1N(C)CCN1C. The molecule has 0 aliphatic carbocycles. The van der Waals surface area contributed by atoms with Crippen LogP contribution >= 0.6 is 15.9 Å². The molecule has 6 nitrogen and oxygen atoms in total.